The lowest BCUT2D eigenvalue weighted by Crippen LogP contribution is -2.07. The second kappa shape index (κ2) is 4.18. The summed E-state index contributed by atoms with van der Waals surface area (Å²) in [5.74, 6) is 0. The van der Waals surface area contributed by atoms with Crippen molar-refractivity contribution >= 4 is 32.1 Å². The van der Waals surface area contributed by atoms with E-state index in [4.69, 9.17) is 0 Å². The molecular formula is C14H12N2S. The molecule has 0 aliphatic carbocycles. The van der Waals surface area contributed by atoms with Gasteiger partial charge in [0, 0.05) is 29.8 Å². The van der Waals surface area contributed by atoms with Gasteiger partial charge in [-0.15, -0.1) is 11.3 Å². The molecule has 0 atom stereocenters. The smallest absolute Gasteiger partial charge is 0.0962 e. The number of thiophene rings is 1. The van der Waals surface area contributed by atoms with Crippen molar-refractivity contribution in [3.63, 3.8) is 0 Å². The molecule has 2 nitrogen and oxygen atoms in total. The fourth-order valence-corrected chi connectivity index (χ4v) is 2.87. The Balaban J connectivity index is 2.04. The van der Waals surface area contributed by atoms with Gasteiger partial charge in [-0.25, -0.2) is 0 Å². The monoisotopic (exact) mass is 240 g/mol. The van der Waals surface area contributed by atoms with Crippen molar-refractivity contribution in [2.45, 2.75) is 0 Å². The highest BCUT2D eigenvalue weighted by atomic mass is 32.1. The van der Waals surface area contributed by atoms with Crippen LogP contribution in [-0.4, -0.2) is 12.0 Å². The van der Waals surface area contributed by atoms with Crippen molar-refractivity contribution in [2.75, 3.05) is 11.9 Å². The highest BCUT2D eigenvalue weighted by Gasteiger charge is 2.07. The van der Waals surface area contributed by atoms with Crippen molar-refractivity contribution in [2.24, 2.45) is 0 Å². The number of benzene rings is 1. The molecule has 0 saturated carbocycles. The molecular weight excluding hydrogens is 228 g/mol. The third-order valence-corrected chi connectivity index (χ3v) is 3.99. The molecule has 1 aromatic carbocycles. The van der Waals surface area contributed by atoms with E-state index in [9.17, 15) is 0 Å². The number of nitrogens with zero attached hydrogens (tertiary/aromatic N) is 2. The first-order chi connectivity index (χ1) is 8.34. The zero-order valence-corrected chi connectivity index (χ0v) is 10.3. The molecule has 17 heavy (non-hydrogen) atoms. The minimum absolute atomic E-state index is 1.16. The maximum Gasteiger partial charge on any atom is 0.0962 e. The van der Waals surface area contributed by atoms with Gasteiger partial charge in [-0.05, 0) is 29.7 Å². The molecule has 0 bridgehead atoms. The number of hydrogen-bond acceptors (Lipinski definition) is 3. The van der Waals surface area contributed by atoms with Gasteiger partial charge < -0.3 is 4.90 Å². The van der Waals surface area contributed by atoms with Crippen molar-refractivity contribution in [3.05, 3.63) is 54.9 Å². The molecule has 0 unspecified atom stereocenters. The van der Waals surface area contributed by atoms with Gasteiger partial charge in [0.2, 0.25) is 0 Å². The van der Waals surface area contributed by atoms with Crippen LogP contribution in [0.15, 0.2) is 54.9 Å². The van der Waals surface area contributed by atoms with Crippen molar-refractivity contribution < 1.29 is 0 Å². The van der Waals surface area contributed by atoms with Crippen LogP contribution in [0.5, 0.6) is 0 Å². The van der Waals surface area contributed by atoms with Gasteiger partial charge in [0.25, 0.3) is 0 Å². The number of anilines is 2. The summed E-state index contributed by atoms with van der Waals surface area (Å²) < 4.78 is 1.32. The summed E-state index contributed by atoms with van der Waals surface area (Å²) in [6, 6.07) is 14.7. The lowest BCUT2D eigenvalue weighted by Gasteiger charge is -2.16. The normalized spacial score (nSPS) is 10.6. The molecule has 3 rings (SSSR count). The summed E-state index contributed by atoms with van der Waals surface area (Å²) in [5.41, 5.74) is 1.16. The van der Waals surface area contributed by atoms with Crippen LogP contribution >= 0.6 is 11.3 Å². The highest BCUT2D eigenvalue weighted by molar-refractivity contribution is 7.22. The SMILES string of the molecule is CN(c1ccncc1)c1cc2ccccc2s1. The third-order valence-electron chi connectivity index (χ3n) is 2.79. The Bertz CT molecular complexity index is 598. The summed E-state index contributed by atoms with van der Waals surface area (Å²) in [6.45, 7) is 0. The van der Waals surface area contributed by atoms with Crippen LogP contribution in [0.2, 0.25) is 0 Å². The summed E-state index contributed by atoms with van der Waals surface area (Å²) in [7, 11) is 2.08. The van der Waals surface area contributed by atoms with Gasteiger partial charge in [-0.1, -0.05) is 18.2 Å². The minimum Gasteiger partial charge on any atom is -0.336 e. The Labute approximate surface area is 104 Å². The molecule has 2 heterocycles. The predicted molar refractivity (Wildman–Crippen MR) is 74.1 cm³/mol. The molecule has 0 fully saturated rings. The first kappa shape index (κ1) is 10.3. The Morgan fingerprint density at radius 1 is 1.06 bits per heavy atom. The molecule has 0 aliphatic heterocycles. The summed E-state index contributed by atoms with van der Waals surface area (Å²) in [6.07, 6.45) is 3.64. The number of aromatic nitrogens is 1. The molecule has 0 aliphatic rings. The summed E-state index contributed by atoms with van der Waals surface area (Å²) in [5, 5.41) is 2.55. The molecule has 0 amide bonds. The predicted octanol–water partition coefficient (Wildman–Crippen LogP) is 4.06. The van der Waals surface area contributed by atoms with Crippen LogP contribution in [-0.2, 0) is 0 Å². The average Bonchev–Trinajstić information content (AvgIpc) is 2.82. The van der Waals surface area contributed by atoms with Crippen molar-refractivity contribution in [1.82, 2.24) is 4.98 Å². The van der Waals surface area contributed by atoms with E-state index in [0.29, 0.717) is 0 Å². The van der Waals surface area contributed by atoms with E-state index >= 15 is 0 Å². The molecule has 0 N–H and O–H groups in total. The van der Waals surface area contributed by atoms with Gasteiger partial charge >= 0.3 is 0 Å². The zero-order valence-electron chi connectivity index (χ0n) is 9.50. The fraction of sp³-hybridized carbons (Fsp3) is 0.0714. The lowest BCUT2D eigenvalue weighted by molar-refractivity contribution is 1.21. The molecule has 0 spiro atoms. The Kier molecular flexibility index (Phi) is 2.53. The molecule has 84 valence electrons. The van der Waals surface area contributed by atoms with E-state index in [-0.39, 0.29) is 0 Å². The van der Waals surface area contributed by atoms with Gasteiger partial charge in [0.1, 0.15) is 0 Å². The van der Waals surface area contributed by atoms with Crippen molar-refractivity contribution in [1.29, 1.82) is 0 Å². The Morgan fingerprint density at radius 2 is 1.82 bits per heavy atom. The number of pyridine rings is 1. The van der Waals surface area contributed by atoms with E-state index in [0.717, 1.165) is 5.69 Å². The van der Waals surface area contributed by atoms with E-state index in [1.54, 1.807) is 11.3 Å². The minimum atomic E-state index is 1.16. The van der Waals surface area contributed by atoms with Crippen LogP contribution in [0.25, 0.3) is 10.1 Å². The summed E-state index contributed by atoms with van der Waals surface area (Å²) in [4.78, 5) is 6.23. The lowest BCUT2D eigenvalue weighted by atomic mass is 10.2. The second-order valence-electron chi connectivity index (χ2n) is 3.89. The van der Waals surface area contributed by atoms with Crippen LogP contribution in [0, 0.1) is 0 Å². The maximum atomic E-state index is 4.04. The number of fused-ring (bicyclic) bond motifs is 1. The number of rotatable bonds is 2. The van der Waals surface area contributed by atoms with Crippen LogP contribution in [0.3, 0.4) is 0 Å². The van der Waals surface area contributed by atoms with Gasteiger partial charge in [0.05, 0.1) is 5.00 Å². The molecule has 2 aromatic heterocycles. The number of hydrogen-bond donors (Lipinski definition) is 0. The van der Waals surface area contributed by atoms with Crippen LogP contribution in [0.1, 0.15) is 0 Å². The molecule has 3 aromatic rings. The van der Waals surface area contributed by atoms with E-state index < -0.39 is 0 Å². The standard InChI is InChI=1S/C14H12N2S/c1-16(12-6-8-15-9-7-12)14-10-11-4-2-3-5-13(11)17-14/h2-10H,1H3. The quantitative estimate of drug-likeness (QED) is 0.671. The van der Waals surface area contributed by atoms with E-state index in [1.807, 2.05) is 24.5 Å². The third kappa shape index (κ3) is 1.89. The van der Waals surface area contributed by atoms with Crippen molar-refractivity contribution in [3.8, 4) is 0 Å². The van der Waals surface area contributed by atoms with Crippen LogP contribution in [0.4, 0.5) is 10.7 Å². The maximum absolute atomic E-state index is 4.04. The van der Waals surface area contributed by atoms with Gasteiger partial charge in [-0.2, -0.15) is 0 Å². The molecule has 0 saturated heterocycles. The summed E-state index contributed by atoms with van der Waals surface area (Å²) >= 11 is 1.81. The average molecular weight is 240 g/mol. The van der Waals surface area contributed by atoms with E-state index in [1.165, 1.54) is 15.1 Å². The van der Waals surface area contributed by atoms with Crippen LogP contribution < -0.4 is 4.90 Å². The highest BCUT2D eigenvalue weighted by Crippen LogP contribution is 2.34. The molecule has 3 heteroatoms. The molecule has 0 radical (unpaired) electrons. The Hall–Kier alpha value is -1.87. The van der Waals surface area contributed by atoms with Gasteiger partial charge in [0.15, 0.2) is 0 Å². The topological polar surface area (TPSA) is 16.1 Å². The second-order valence-corrected chi connectivity index (χ2v) is 4.95. The van der Waals surface area contributed by atoms with Gasteiger partial charge in [-0.3, -0.25) is 4.98 Å². The Morgan fingerprint density at radius 3 is 2.59 bits per heavy atom. The van der Waals surface area contributed by atoms with E-state index in [2.05, 4.69) is 47.3 Å². The fourth-order valence-electron chi connectivity index (χ4n) is 1.83. The zero-order chi connectivity index (χ0) is 11.7. The first-order valence-electron chi connectivity index (χ1n) is 5.47. The first-order valence-corrected chi connectivity index (χ1v) is 6.28. The largest absolute Gasteiger partial charge is 0.336 e.